The van der Waals surface area contributed by atoms with Gasteiger partial charge in [-0.25, -0.2) is 0 Å². The smallest absolute Gasteiger partial charge is 0.116 e. The third kappa shape index (κ3) is 5.34. The Labute approximate surface area is 118 Å². The van der Waals surface area contributed by atoms with E-state index in [1.807, 2.05) is 25.2 Å². The van der Waals surface area contributed by atoms with Crippen molar-refractivity contribution in [3.8, 4) is 6.07 Å². The number of nitriles is 1. The number of rotatable bonds is 5. The maximum Gasteiger partial charge on any atom is 0.116 e. The predicted octanol–water partition coefficient (Wildman–Crippen LogP) is 4.48. The molecular formula is C17H26N2. The van der Waals surface area contributed by atoms with Gasteiger partial charge in [-0.15, -0.1) is 0 Å². The van der Waals surface area contributed by atoms with Crippen molar-refractivity contribution >= 4 is 5.69 Å². The lowest BCUT2D eigenvalue weighted by molar-refractivity contribution is 0.292. The summed E-state index contributed by atoms with van der Waals surface area (Å²) < 4.78 is 0. The molecule has 0 radical (unpaired) electrons. The van der Waals surface area contributed by atoms with Gasteiger partial charge in [0, 0.05) is 12.7 Å². The maximum atomic E-state index is 9.41. The fourth-order valence-corrected chi connectivity index (χ4v) is 2.65. The SMILES string of the molecule is C[C@H](C[C@H](C#N)N(C)c1ccccc1)CC(C)(C)C. The maximum absolute atomic E-state index is 9.41. The summed E-state index contributed by atoms with van der Waals surface area (Å²) in [5.74, 6) is 0.552. The molecule has 0 N–H and O–H groups in total. The van der Waals surface area contributed by atoms with Gasteiger partial charge in [-0.1, -0.05) is 45.9 Å². The van der Waals surface area contributed by atoms with Gasteiger partial charge in [-0.3, -0.25) is 0 Å². The summed E-state index contributed by atoms with van der Waals surface area (Å²) in [5, 5.41) is 9.41. The van der Waals surface area contributed by atoms with Crippen molar-refractivity contribution in [1.82, 2.24) is 0 Å². The van der Waals surface area contributed by atoms with Crippen molar-refractivity contribution in [3.05, 3.63) is 30.3 Å². The van der Waals surface area contributed by atoms with Gasteiger partial charge in [0.1, 0.15) is 6.04 Å². The molecule has 2 nitrogen and oxygen atoms in total. The standard InChI is InChI=1S/C17H26N2/c1-14(12-17(2,3)4)11-16(13-18)19(5)15-9-7-6-8-10-15/h6-10,14,16H,11-12H2,1-5H3/t14-,16-/m1/s1. The van der Waals surface area contributed by atoms with E-state index in [9.17, 15) is 5.26 Å². The van der Waals surface area contributed by atoms with Crippen molar-refractivity contribution in [3.63, 3.8) is 0 Å². The summed E-state index contributed by atoms with van der Waals surface area (Å²) in [4.78, 5) is 2.08. The number of anilines is 1. The van der Waals surface area contributed by atoms with E-state index < -0.39 is 0 Å². The zero-order valence-electron chi connectivity index (χ0n) is 12.9. The molecule has 2 heteroatoms. The molecule has 0 fully saturated rings. The molecule has 1 aromatic carbocycles. The van der Waals surface area contributed by atoms with Crippen LogP contribution in [0.4, 0.5) is 5.69 Å². The lowest BCUT2D eigenvalue weighted by atomic mass is 9.83. The van der Waals surface area contributed by atoms with Gasteiger partial charge in [0.15, 0.2) is 0 Å². The van der Waals surface area contributed by atoms with Crippen LogP contribution in [0.2, 0.25) is 0 Å². The first-order valence-corrected chi connectivity index (χ1v) is 7.01. The molecule has 19 heavy (non-hydrogen) atoms. The van der Waals surface area contributed by atoms with Crippen molar-refractivity contribution in [2.75, 3.05) is 11.9 Å². The second-order valence-corrected chi connectivity index (χ2v) is 6.70. The molecule has 1 aromatic rings. The highest BCUT2D eigenvalue weighted by Crippen LogP contribution is 2.28. The van der Waals surface area contributed by atoms with Crippen LogP contribution in [0.5, 0.6) is 0 Å². The molecule has 0 saturated carbocycles. The molecule has 0 saturated heterocycles. The normalized spacial score (nSPS) is 14.5. The highest BCUT2D eigenvalue weighted by molar-refractivity contribution is 5.47. The topological polar surface area (TPSA) is 27.0 Å². The Morgan fingerprint density at radius 2 is 1.79 bits per heavy atom. The van der Waals surface area contributed by atoms with E-state index in [2.05, 4.69) is 50.8 Å². The molecule has 0 heterocycles. The highest BCUT2D eigenvalue weighted by Gasteiger charge is 2.21. The minimum absolute atomic E-state index is 0.0558. The van der Waals surface area contributed by atoms with Crippen LogP contribution in [0.15, 0.2) is 30.3 Å². The third-order valence-electron chi connectivity index (χ3n) is 3.37. The van der Waals surface area contributed by atoms with Crippen LogP contribution in [0, 0.1) is 22.7 Å². The number of benzene rings is 1. The zero-order valence-corrected chi connectivity index (χ0v) is 12.9. The Bertz CT molecular complexity index is 411. The largest absolute Gasteiger partial charge is 0.359 e. The Morgan fingerprint density at radius 1 is 1.21 bits per heavy atom. The van der Waals surface area contributed by atoms with Crippen LogP contribution in [-0.4, -0.2) is 13.1 Å². The minimum atomic E-state index is -0.0558. The first kappa shape index (κ1) is 15.6. The molecule has 0 unspecified atom stereocenters. The van der Waals surface area contributed by atoms with Gasteiger partial charge in [0.2, 0.25) is 0 Å². The zero-order chi connectivity index (χ0) is 14.5. The molecule has 0 aliphatic heterocycles. The highest BCUT2D eigenvalue weighted by atomic mass is 15.1. The molecule has 1 rings (SSSR count). The van der Waals surface area contributed by atoms with E-state index >= 15 is 0 Å². The van der Waals surface area contributed by atoms with Crippen LogP contribution >= 0.6 is 0 Å². The average molecular weight is 258 g/mol. The second kappa shape index (κ2) is 6.61. The van der Waals surface area contributed by atoms with Crippen molar-refractivity contribution in [2.24, 2.45) is 11.3 Å². The fourth-order valence-electron chi connectivity index (χ4n) is 2.65. The minimum Gasteiger partial charge on any atom is -0.359 e. The first-order chi connectivity index (χ1) is 8.83. The van der Waals surface area contributed by atoms with Crippen LogP contribution in [0.25, 0.3) is 0 Å². The van der Waals surface area contributed by atoms with E-state index in [1.165, 1.54) is 0 Å². The van der Waals surface area contributed by atoms with E-state index in [-0.39, 0.29) is 6.04 Å². The lowest BCUT2D eigenvalue weighted by Crippen LogP contribution is -2.32. The molecule has 0 spiro atoms. The van der Waals surface area contributed by atoms with Gasteiger partial charge in [-0.2, -0.15) is 5.26 Å². The van der Waals surface area contributed by atoms with Crippen LogP contribution in [0.1, 0.15) is 40.5 Å². The number of hydrogen-bond acceptors (Lipinski definition) is 2. The number of para-hydroxylation sites is 1. The summed E-state index contributed by atoms with van der Waals surface area (Å²) in [6.45, 7) is 9.01. The van der Waals surface area contributed by atoms with Crippen molar-refractivity contribution < 1.29 is 0 Å². The Balaban J connectivity index is 2.67. The molecule has 0 aromatic heterocycles. The van der Waals surface area contributed by atoms with E-state index in [1.54, 1.807) is 0 Å². The molecule has 0 aliphatic carbocycles. The lowest BCUT2D eigenvalue weighted by Gasteiger charge is -2.29. The molecule has 0 amide bonds. The predicted molar refractivity (Wildman–Crippen MR) is 82.1 cm³/mol. The van der Waals surface area contributed by atoms with E-state index in [4.69, 9.17) is 0 Å². The Hall–Kier alpha value is -1.49. The molecule has 104 valence electrons. The average Bonchev–Trinajstić information content (AvgIpc) is 2.34. The van der Waals surface area contributed by atoms with Gasteiger partial charge in [0.25, 0.3) is 0 Å². The number of nitrogens with zero attached hydrogens (tertiary/aromatic N) is 2. The number of hydrogen-bond donors (Lipinski definition) is 0. The summed E-state index contributed by atoms with van der Waals surface area (Å²) in [6.07, 6.45) is 2.06. The summed E-state index contributed by atoms with van der Waals surface area (Å²) >= 11 is 0. The van der Waals surface area contributed by atoms with Gasteiger partial charge >= 0.3 is 0 Å². The van der Waals surface area contributed by atoms with Gasteiger partial charge in [-0.05, 0) is 36.3 Å². The summed E-state index contributed by atoms with van der Waals surface area (Å²) in [6, 6.07) is 12.5. The van der Waals surface area contributed by atoms with Gasteiger partial charge in [0.05, 0.1) is 6.07 Å². The summed E-state index contributed by atoms with van der Waals surface area (Å²) in [5.41, 5.74) is 1.43. The van der Waals surface area contributed by atoms with Gasteiger partial charge < -0.3 is 4.90 Å². The van der Waals surface area contributed by atoms with Crippen LogP contribution < -0.4 is 4.90 Å². The van der Waals surface area contributed by atoms with Crippen molar-refractivity contribution in [1.29, 1.82) is 5.26 Å². The fraction of sp³-hybridized carbons (Fsp3) is 0.588. The first-order valence-electron chi connectivity index (χ1n) is 7.01. The molecule has 0 bridgehead atoms. The summed E-state index contributed by atoms with van der Waals surface area (Å²) in [7, 11) is 2.01. The molecule has 2 atom stereocenters. The van der Waals surface area contributed by atoms with E-state index in [0.29, 0.717) is 11.3 Å². The molecule has 0 aliphatic rings. The van der Waals surface area contributed by atoms with Crippen LogP contribution in [0.3, 0.4) is 0 Å². The second-order valence-electron chi connectivity index (χ2n) is 6.70. The van der Waals surface area contributed by atoms with Crippen LogP contribution in [-0.2, 0) is 0 Å². The molecular weight excluding hydrogens is 232 g/mol. The van der Waals surface area contributed by atoms with Crippen molar-refractivity contribution in [2.45, 2.75) is 46.6 Å². The monoisotopic (exact) mass is 258 g/mol. The Kier molecular flexibility index (Phi) is 5.42. The van der Waals surface area contributed by atoms with E-state index in [0.717, 1.165) is 18.5 Å². The third-order valence-corrected chi connectivity index (χ3v) is 3.37. The quantitative estimate of drug-likeness (QED) is 0.778. The Morgan fingerprint density at radius 3 is 2.26 bits per heavy atom.